The fraction of sp³-hybridized carbons (Fsp3) is 0.200. The van der Waals surface area contributed by atoms with Gasteiger partial charge in [0.05, 0.1) is 22.5 Å². The molecule has 1 unspecified atom stereocenters. The van der Waals surface area contributed by atoms with Crippen LogP contribution in [-0.2, 0) is 11.8 Å². The van der Waals surface area contributed by atoms with Gasteiger partial charge in [0.2, 0.25) is 0 Å². The van der Waals surface area contributed by atoms with Crippen molar-refractivity contribution >= 4 is 61.7 Å². The lowest BCUT2D eigenvalue weighted by atomic mass is 9.92. The molecular weight excluding hydrogens is 776 g/mol. The van der Waals surface area contributed by atoms with Crippen LogP contribution in [0.2, 0.25) is 0 Å². The Balaban J connectivity index is 2.07. The third kappa shape index (κ3) is 6.35. The molecule has 0 aromatic heterocycles. The first-order valence-electron chi connectivity index (χ1n) is 11.0. The van der Waals surface area contributed by atoms with E-state index in [2.05, 4.69) is 0 Å². The molecule has 3 rings (SSSR count). The van der Waals surface area contributed by atoms with Crippen molar-refractivity contribution in [1.29, 1.82) is 0 Å². The number of carbonyl (C=O) groups is 2. The number of nitrogens with one attached hydrogen (secondary N) is 1. The average molecular weight is 789 g/mol. The molecule has 0 bridgehead atoms. The number of nitrogens with zero attached hydrogens (tertiary/aromatic N) is 1. The van der Waals surface area contributed by atoms with E-state index in [0.717, 1.165) is 77.0 Å². The van der Waals surface area contributed by atoms with Crippen molar-refractivity contribution in [2.45, 2.75) is 22.9 Å². The number of carbonyl (C=O) groups excluding carboxylic acids is 2. The van der Waals surface area contributed by atoms with Crippen LogP contribution in [0, 0.1) is 15.2 Å². The van der Waals surface area contributed by atoms with Crippen molar-refractivity contribution in [3.05, 3.63) is 92.1 Å². The standard InChI is InChI=1S/C25H13BrF11IN2O2/c1-40(21(42)11-5-7-13(27)8-6-11)17-4-2-3-14(18(17)28)20(41)39-19-15(23(30,31)32)9-12(10-16(19)38)22(29,24(26,33)34)25(35,36)37/h2-10H,1H3,(H,39,41). The number of rotatable bonds is 6. The summed E-state index contributed by atoms with van der Waals surface area (Å²) in [6, 6.07) is 6.45. The van der Waals surface area contributed by atoms with Gasteiger partial charge < -0.3 is 10.2 Å². The summed E-state index contributed by atoms with van der Waals surface area (Å²) in [7, 11) is 1.08. The summed E-state index contributed by atoms with van der Waals surface area (Å²) in [5.41, 5.74) is -12.7. The minimum Gasteiger partial charge on any atom is -0.320 e. The summed E-state index contributed by atoms with van der Waals surface area (Å²) >= 11 is 2.21. The van der Waals surface area contributed by atoms with E-state index >= 15 is 4.39 Å². The minimum atomic E-state index is -6.39. The van der Waals surface area contributed by atoms with E-state index in [0.29, 0.717) is 0 Å². The summed E-state index contributed by atoms with van der Waals surface area (Å²) in [6.45, 7) is 0. The average Bonchev–Trinajstić information content (AvgIpc) is 2.86. The maximum atomic E-state index is 15.3. The second kappa shape index (κ2) is 11.6. The topological polar surface area (TPSA) is 49.4 Å². The molecule has 0 spiro atoms. The predicted molar refractivity (Wildman–Crippen MR) is 140 cm³/mol. The number of halogens is 13. The molecule has 0 saturated carbocycles. The van der Waals surface area contributed by atoms with Crippen LogP contribution in [0.25, 0.3) is 0 Å². The van der Waals surface area contributed by atoms with Crippen molar-refractivity contribution in [2.75, 3.05) is 17.3 Å². The molecule has 2 amide bonds. The zero-order valence-electron chi connectivity index (χ0n) is 20.4. The Morgan fingerprint density at radius 3 is 1.95 bits per heavy atom. The second-order valence-electron chi connectivity index (χ2n) is 8.50. The maximum Gasteiger partial charge on any atom is 0.433 e. The quantitative estimate of drug-likeness (QED) is 0.154. The number of alkyl halides is 10. The molecule has 226 valence electrons. The zero-order valence-corrected chi connectivity index (χ0v) is 24.1. The molecule has 17 heteroatoms. The highest BCUT2D eigenvalue weighted by Gasteiger charge is 2.71. The van der Waals surface area contributed by atoms with Crippen LogP contribution < -0.4 is 10.2 Å². The van der Waals surface area contributed by atoms with E-state index in [-0.39, 0.29) is 11.6 Å². The Labute approximate surface area is 251 Å². The number of hydrogen-bond acceptors (Lipinski definition) is 2. The van der Waals surface area contributed by atoms with E-state index in [4.69, 9.17) is 0 Å². The molecule has 4 nitrogen and oxygen atoms in total. The molecule has 0 fully saturated rings. The Kier molecular flexibility index (Phi) is 9.27. The summed E-state index contributed by atoms with van der Waals surface area (Å²) in [6.07, 6.45) is -12.0. The Hall–Kier alpha value is -2.96. The fourth-order valence-corrected chi connectivity index (χ4v) is 4.89. The molecule has 0 aliphatic rings. The number of amides is 2. The van der Waals surface area contributed by atoms with Crippen LogP contribution in [0.1, 0.15) is 31.8 Å². The first-order chi connectivity index (χ1) is 19.1. The van der Waals surface area contributed by atoms with Crippen molar-refractivity contribution in [3.63, 3.8) is 0 Å². The van der Waals surface area contributed by atoms with Crippen molar-refractivity contribution in [2.24, 2.45) is 0 Å². The smallest absolute Gasteiger partial charge is 0.320 e. The summed E-state index contributed by atoms with van der Waals surface area (Å²) in [5.74, 6) is -4.52. The molecule has 0 aliphatic heterocycles. The molecule has 3 aromatic carbocycles. The lowest BCUT2D eigenvalue weighted by Gasteiger charge is -2.33. The van der Waals surface area contributed by atoms with Gasteiger partial charge in [-0.25, -0.2) is 13.2 Å². The van der Waals surface area contributed by atoms with E-state index < -0.39 is 84.0 Å². The summed E-state index contributed by atoms with van der Waals surface area (Å²) in [5, 5.41) is 1.68. The predicted octanol–water partition coefficient (Wildman–Crippen LogP) is 8.83. The Bertz CT molecular complexity index is 1510. The SMILES string of the molecule is CN(C(=O)c1ccc(F)cc1)c1cccc(C(=O)Nc2c(I)cc(C(F)(C(F)(F)F)C(F)(F)Br)cc2C(F)(F)F)c1F. The third-order valence-electron chi connectivity index (χ3n) is 5.79. The molecule has 0 saturated heterocycles. The minimum absolute atomic E-state index is 0.0238. The van der Waals surface area contributed by atoms with Crippen LogP contribution >= 0.6 is 38.5 Å². The normalized spacial score (nSPS) is 13.9. The van der Waals surface area contributed by atoms with Crippen molar-refractivity contribution < 1.29 is 57.9 Å². The second-order valence-corrected chi connectivity index (χ2v) is 10.7. The molecule has 3 aromatic rings. The van der Waals surface area contributed by atoms with Gasteiger partial charge in [-0.05, 0) is 87.1 Å². The van der Waals surface area contributed by atoms with Gasteiger partial charge in [0.15, 0.2) is 5.82 Å². The monoisotopic (exact) mass is 788 g/mol. The van der Waals surface area contributed by atoms with Crippen LogP contribution in [0.3, 0.4) is 0 Å². The largest absolute Gasteiger partial charge is 0.433 e. The van der Waals surface area contributed by atoms with Gasteiger partial charge in [-0.15, -0.1) is 0 Å². The highest BCUT2D eigenvalue weighted by atomic mass is 127. The first kappa shape index (κ1) is 33.5. The van der Waals surface area contributed by atoms with Gasteiger partial charge in [0.1, 0.15) is 5.82 Å². The van der Waals surface area contributed by atoms with Crippen molar-refractivity contribution in [1.82, 2.24) is 0 Å². The van der Waals surface area contributed by atoms with Gasteiger partial charge in [0.25, 0.3) is 11.8 Å². The molecule has 0 aliphatic carbocycles. The van der Waals surface area contributed by atoms with Gasteiger partial charge in [-0.1, -0.05) is 6.07 Å². The highest BCUT2D eigenvalue weighted by Crippen LogP contribution is 2.56. The van der Waals surface area contributed by atoms with Gasteiger partial charge in [-0.3, -0.25) is 9.59 Å². The fourth-order valence-electron chi connectivity index (χ4n) is 3.67. The van der Waals surface area contributed by atoms with Gasteiger partial charge in [0, 0.05) is 21.7 Å². The molecule has 42 heavy (non-hydrogen) atoms. The lowest BCUT2D eigenvalue weighted by molar-refractivity contribution is -0.282. The Morgan fingerprint density at radius 2 is 1.45 bits per heavy atom. The van der Waals surface area contributed by atoms with Crippen LogP contribution in [0.15, 0.2) is 54.6 Å². The van der Waals surface area contributed by atoms with Crippen LogP contribution in [0.4, 0.5) is 59.7 Å². The van der Waals surface area contributed by atoms with Gasteiger partial charge in [-0.2, -0.15) is 35.1 Å². The van der Waals surface area contributed by atoms with E-state index in [1.807, 2.05) is 0 Å². The summed E-state index contributed by atoms with van der Waals surface area (Å²) in [4.78, 5) is 20.9. The first-order valence-corrected chi connectivity index (χ1v) is 12.9. The molecule has 0 heterocycles. The summed E-state index contributed by atoms with van der Waals surface area (Å²) < 4.78 is 152. The molecule has 1 N–H and O–H groups in total. The molecule has 0 radical (unpaired) electrons. The number of hydrogen-bond donors (Lipinski definition) is 1. The van der Waals surface area contributed by atoms with E-state index in [9.17, 15) is 53.5 Å². The Morgan fingerprint density at radius 1 is 0.881 bits per heavy atom. The van der Waals surface area contributed by atoms with Crippen LogP contribution in [-0.4, -0.2) is 29.9 Å². The highest BCUT2D eigenvalue weighted by molar-refractivity contribution is 14.1. The lowest BCUT2D eigenvalue weighted by Crippen LogP contribution is -2.49. The van der Waals surface area contributed by atoms with Gasteiger partial charge >= 0.3 is 22.9 Å². The number of benzene rings is 3. The van der Waals surface area contributed by atoms with Crippen LogP contribution in [0.5, 0.6) is 0 Å². The molecular formula is C25H13BrF11IN2O2. The zero-order chi connectivity index (χ0) is 32.0. The van der Waals surface area contributed by atoms with Crippen molar-refractivity contribution in [3.8, 4) is 0 Å². The third-order valence-corrected chi connectivity index (χ3v) is 7.19. The number of anilines is 2. The van der Waals surface area contributed by atoms with E-state index in [1.165, 1.54) is 15.9 Å². The maximum absolute atomic E-state index is 15.3. The van der Waals surface area contributed by atoms with E-state index in [1.54, 1.807) is 5.32 Å². The molecule has 1 atom stereocenters.